The number of alkyl halides is 1. The highest BCUT2D eigenvalue weighted by Gasteiger charge is 2.27. The van der Waals surface area contributed by atoms with Crippen molar-refractivity contribution >= 4 is 40.9 Å². The summed E-state index contributed by atoms with van der Waals surface area (Å²) >= 11 is 18.0. The van der Waals surface area contributed by atoms with Gasteiger partial charge in [-0.2, -0.15) is 0 Å². The van der Waals surface area contributed by atoms with Crippen LogP contribution < -0.4 is 0 Å². The molecule has 1 fully saturated rings. The fourth-order valence-electron chi connectivity index (χ4n) is 1.85. The van der Waals surface area contributed by atoms with Crippen LogP contribution in [-0.2, 0) is 0 Å². The Labute approximate surface area is 123 Å². The lowest BCUT2D eigenvalue weighted by molar-refractivity contribution is 1.02. The van der Waals surface area contributed by atoms with Crippen molar-refractivity contribution in [2.24, 2.45) is 5.92 Å². The van der Waals surface area contributed by atoms with Gasteiger partial charge in [-0.3, -0.25) is 0 Å². The first-order valence-corrected chi connectivity index (χ1v) is 7.39. The quantitative estimate of drug-likeness (QED) is 0.470. The van der Waals surface area contributed by atoms with Crippen LogP contribution in [0.4, 0.5) is 0 Å². The molecule has 0 amide bonds. The van der Waals surface area contributed by atoms with E-state index in [1.54, 1.807) is 0 Å². The molecule has 1 aromatic rings. The Balaban J connectivity index is 2.16. The summed E-state index contributed by atoms with van der Waals surface area (Å²) in [5, 5.41) is 1.56. The van der Waals surface area contributed by atoms with Crippen molar-refractivity contribution in [1.29, 1.82) is 0 Å². The summed E-state index contributed by atoms with van der Waals surface area (Å²) in [5.41, 5.74) is 2.31. The molecule has 0 unspecified atom stereocenters. The molecule has 0 radical (unpaired) electrons. The molecule has 0 saturated heterocycles. The normalized spacial score (nSPS) is 17.1. The third kappa shape index (κ3) is 4.05. The second-order valence-corrected chi connectivity index (χ2v) is 5.68. The molecule has 0 aromatic heterocycles. The average Bonchev–Trinajstić information content (AvgIpc) is 3.17. The minimum absolute atomic E-state index is 0.629. The molecule has 1 aliphatic carbocycles. The van der Waals surface area contributed by atoms with E-state index in [2.05, 4.69) is 6.08 Å². The largest absolute Gasteiger partial charge is 0.126 e. The number of halogens is 3. The van der Waals surface area contributed by atoms with Crippen molar-refractivity contribution in [3.05, 3.63) is 51.5 Å². The summed E-state index contributed by atoms with van der Waals surface area (Å²) < 4.78 is 0. The SMILES string of the molecule is ClCC/C=C(/C(Cl)=C\c1ccc(Cl)cc1)C1CC1. The fraction of sp³-hybridized carbons (Fsp3) is 0.333. The van der Waals surface area contributed by atoms with Crippen molar-refractivity contribution in [2.45, 2.75) is 19.3 Å². The maximum Gasteiger partial charge on any atom is 0.0443 e. The van der Waals surface area contributed by atoms with Crippen LogP contribution in [0, 0.1) is 5.92 Å². The van der Waals surface area contributed by atoms with Gasteiger partial charge >= 0.3 is 0 Å². The van der Waals surface area contributed by atoms with Gasteiger partial charge in [0.15, 0.2) is 0 Å². The zero-order valence-electron chi connectivity index (χ0n) is 10.0. The van der Waals surface area contributed by atoms with Gasteiger partial charge in [0.1, 0.15) is 0 Å². The molecule has 1 saturated carbocycles. The molecule has 0 bridgehead atoms. The lowest BCUT2D eigenvalue weighted by atomic mass is 10.1. The highest BCUT2D eigenvalue weighted by atomic mass is 35.5. The molecule has 0 spiro atoms. The molecule has 0 atom stereocenters. The van der Waals surface area contributed by atoms with E-state index in [9.17, 15) is 0 Å². The minimum Gasteiger partial charge on any atom is -0.126 e. The average molecular weight is 302 g/mol. The van der Waals surface area contributed by atoms with E-state index in [0.717, 1.165) is 22.0 Å². The van der Waals surface area contributed by atoms with Gasteiger partial charge in [-0.05, 0) is 54.5 Å². The number of hydrogen-bond acceptors (Lipinski definition) is 0. The topological polar surface area (TPSA) is 0 Å². The second kappa shape index (κ2) is 6.65. The van der Waals surface area contributed by atoms with Gasteiger partial charge in [0.2, 0.25) is 0 Å². The first kappa shape index (κ1) is 14.0. The first-order chi connectivity index (χ1) is 8.70. The molecular weight excluding hydrogens is 287 g/mol. The summed E-state index contributed by atoms with van der Waals surface area (Å²) in [6.45, 7) is 0. The zero-order valence-corrected chi connectivity index (χ0v) is 12.3. The number of rotatable bonds is 5. The molecule has 96 valence electrons. The van der Waals surface area contributed by atoms with Crippen LogP contribution in [0.15, 0.2) is 40.9 Å². The van der Waals surface area contributed by atoms with E-state index < -0.39 is 0 Å². The predicted octanol–water partition coefficient (Wildman–Crippen LogP) is 5.89. The van der Waals surface area contributed by atoms with Gasteiger partial charge in [0.25, 0.3) is 0 Å². The van der Waals surface area contributed by atoms with E-state index >= 15 is 0 Å². The van der Waals surface area contributed by atoms with Gasteiger partial charge in [0, 0.05) is 15.9 Å². The van der Waals surface area contributed by atoms with E-state index in [1.807, 2.05) is 30.3 Å². The molecule has 18 heavy (non-hydrogen) atoms. The van der Waals surface area contributed by atoms with Crippen LogP contribution in [0.5, 0.6) is 0 Å². The Kier molecular flexibility index (Phi) is 5.17. The summed E-state index contributed by atoms with van der Waals surface area (Å²) in [5.74, 6) is 1.27. The van der Waals surface area contributed by atoms with Gasteiger partial charge in [-0.25, -0.2) is 0 Å². The van der Waals surface area contributed by atoms with Crippen molar-refractivity contribution in [2.75, 3.05) is 5.88 Å². The van der Waals surface area contributed by atoms with Crippen molar-refractivity contribution in [1.82, 2.24) is 0 Å². The monoisotopic (exact) mass is 300 g/mol. The Hall–Kier alpha value is -0.430. The van der Waals surface area contributed by atoms with Crippen LogP contribution in [0.2, 0.25) is 5.02 Å². The van der Waals surface area contributed by atoms with Gasteiger partial charge < -0.3 is 0 Å². The minimum atomic E-state index is 0.629. The van der Waals surface area contributed by atoms with E-state index in [0.29, 0.717) is 11.8 Å². The third-order valence-corrected chi connectivity index (χ3v) is 3.73. The molecule has 0 nitrogen and oxygen atoms in total. The Morgan fingerprint density at radius 1 is 1.22 bits per heavy atom. The van der Waals surface area contributed by atoms with Gasteiger partial charge in [-0.15, -0.1) is 11.6 Å². The van der Waals surface area contributed by atoms with Gasteiger partial charge in [-0.1, -0.05) is 41.4 Å². The highest BCUT2D eigenvalue weighted by Crippen LogP contribution is 2.41. The third-order valence-electron chi connectivity index (χ3n) is 2.93. The summed E-state index contributed by atoms with van der Waals surface area (Å²) in [6, 6.07) is 7.68. The van der Waals surface area contributed by atoms with Crippen LogP contribution >= 0.6 is 34.8 Å². The lowest BCUT2D eigenvalue weighted by Crippen LogP contribution is -1.88. The summed E-state index contributed by atoms with van der Waals surface area (Å²) in [7, 11) is 0. The molecule has 0 aliphatic heterocycles. The Morgan fingerprint density at radius 3 is 2.44 bits per heavy atom. The Morgan fingerprint density at radius 2 is 1.89 bits per heavy atom. The number of hydrogen-bond donors (Lipinski definition) is 0. The molecular formula is C15H15Cl3. The molecule has 0 heterocycles. The van der Waals surface area contributed by atoms with Crippen molar-refractivity contribution in [3.8, 4) is 0 Å². The van der Waals surface area contributed by atoms with Crippen molar-refractivity contribution < 1.29 is 0 Å². The van der Waals surface area contributed by atoms with E-state index in [4.69, 9.17) is 34.8 Å². The summed E-state index contributed by atoms with van der Waals surface area (Å²) in [4.78, 5) is 0. The Bertz CT molecular complexity index is 453. The van der Waals surface area contributed by atoms with E-state index in [1.165, 1.54) is 18.4 Å². The molecule has 1 aromatic carbocycles. The lowest BCUT2D eigenvalue weighted by Gasteiger charge is -2.05. The first-order valence-electron chi connectivity index (χ1n) is 6.10. The predicted molar refractivity (Wildman–Crippen MR) is 81.4 cm³/mol. The van der Waals surface area contributed by atoms with Crippen LogP contribution in [0.3, 0.4) is 0 Å². The standard InChI is InChI=1S/C15H15Cl3/c16-9-1-2-14(12-5-6-12)15(18)10-11-3-7-13(17)8-4-11/h2-4,7-8,10,12H,1,5-6,9H2/b14-2+,15-10+. The molecule has 0 N–H and O–H groups in total. The van der Waals surface area contributed by atoms with E-state index in [-0.39, 0.29) is 0 Å². The summed E-state index contributed by atoms with van der Waals surface area (Å²) in [6.07, 6.45) is 7.51. The maximum atomic E-state index is 6.41. The van der Waals surface area contributed by atoms with Crippen LogP contribution in [-0.4, -0.2) is 5.88 Å². The number of allylic oxidation sites excluding steroid dienone is 3. The zero-order chi connectivity index (χ0) is 13.0. The smallest absolute Gasteiger partial charge is 0.0443 e. The van der Waals surface area contributed by atoms with Crippen molar-refractivity contribution in [3.63, 3.8) is 0 Å². The molecule has 2 rings (SSSR count). The number of benzene rings is 1. The van der Waals surface area contributed by atoms with Crippen LogP contribution in [0.25, 0.3) is 6.08 Å². The fourth-order valence-corrected chi connectivity index (χ4v) is 2.44. The molecule has 3 heteroatoms. The van der Waals surface area contributed by atoms with Gasteiger partial charge in [0.05, 0.1) is 0 Å². The maximum absolute atomic E-state index is 6.41. The highest BCUT2D eigenvalue weighted by molar-refractivity contribution is 6.34. The molecule has 1 aliphatic rings. The second-order valence-electron chi connectivity index (χ2n) is 4.46. The van der Waals surface area contributed by atoms with Crippen LogP contribution in [0.1, 0.15) is 24.8 Å².